The molecule has 5 nitrogen and oxygen atoms in total. The zero-order valence-corrected chi connectivity index (χ0v) is 16.1. The first kappa shape index (κ1) is 17.7. The van der Waals surface area contributed by atoms with E-state index in [1.807, 2.05) is 40.9 Å². The Balaban J connectivity index is 1.78. The quantitative estimate of drug-likeness (QED) is 0.534. The van der Waals surface area contributed by atoms with Gasteiger partial charge >= 0.3 is 0 Å². The molecule has 0 amide bonds. The lowest BCUT2D eigenvalue weighted by Gasteiger charge is -2.22. The lowest BCUT2D eigenvalue weighted by Crippen LogP contribution is -2.27. The van der Waals surface area contributed by atoms with Crippen LogP contribution in [0.25, 0.3) is 16.9 Å². The van der Waals surface area contributed by atoms with Crippen molar-refractivity contribution in [2.75, 3.05) is 5.32 Å². The van der Waals surface area contributed by atoms with E-state index in [1.54, 1.807) is 18.6 Å². The van der Waals surface area contributed by atoms with Crippen molar-refractivity contribution in [2.24, 2.45) is 0 Å². The molecule has 0 unspecified atom stereocenters. The molecule has 0 saturated heterocycles. The number of aromatic nitrogens is 4. The normalized spacial score (nSPS) is 11.1. The van der Waals surface area contributed by atoms with Crippen LogP contribution in [-0.4, -0.2) is 24.9 Å². The average Bonchev–Trinajstić information content (AvgIpc) is 3.04. The number of nitrogens with zero attached hydrogens (tertiary/aromatic N) is 4. The summed E-state index contributed by atoms with van der Waals surface area (Å²) in [6, 6.07) is 13.8. The van der Waals surface area contributed by atoms with Gasteiger partial charge in [0.1, 0.15) is 17.2 Å². The predicted molar refractivity (Wildman–Crippen MR) is 112 cm³/mol. The molecule has 0 atom stereocenters. The van der Waals surface area contributed by atoms with Crippen molar-refractivity contribution >= 4 is 11.5 Å². The minimum atomic E-state index is -0.107. The highest BCUT2D eigenvalue weighted by molar-refractivity contribution is 5.77. The number of fused-ring (bicyclic) bond motifs is 1. The van der Waals surface area contributed by atoms with Crippen molar-refractivity contribution in [3.63, 3.8) is 0 Å². The second kappa shape index (κ2) is 7.16. The lowest BCUT2D eigenvalue weighted by atomic mass is 10.1. The van der Waals surface area contributed by atoms with Gasteiger partial charge in [-0.1, -0.05) is 24.1 Å². The minimum Gasteiger partial charge on any atom is -0.365 e. The van der Waals surface area contributed by atoms with Gasteiger partial charge in [0.2, 0.25) is 0 Å². The third-order valence-electron chi connectivity index (χ3n) is 4.06. The van der Waals surface area contributed by atoms with E-state index in [9.17, 15) is 0 Å². The van der Waals surface area contributed by atoms with Crippen molar-refractivity contribution in [3.8, 4) is 23.1 Å². The topological polar surface area (TPSA) is 55.1 Å². The fourth-order valence-electron chi connectivity index (χ4n) is 2.90. The molecule has 0 saturated carbocycles. The molecule has 5 heteroatoms. The smallest absolute Gasteiger partial charge is 0.157 e. The van der Waals surface area contributed by atoms with Crippen molar-refractivity contribution < 1.29 is 0 Å². The zero-order chi connectivity index (χ0) is 19.6. The van der Waals surface area contributed by atoms with E-state index in [0.29, 0.717) is 0 Å². The Kier molecular flexibility index (Phi) is 4.54. The molecule has 3 heterocycles. The summed E-state index contributed by atoms with van der Waals surface area (Å²) < 4.78 is 2.03. The molecule has 4 aromatic rings. The highest BCUT2D eigenvalue weighted by Gasteiger charge is 2.19. The van der Waals surface area contributed by atoms with Crippen LogP contribution in [0.15, 0.2) is 67.3 Å². The maximum absolute atomic E-state index is 4.80. The van der Waals surface area contributed by atoms with Crippen LogP contribution < -0.4 is 5.32 Å². The van der Waals surface area contributed by atoms with Gasteiger partial charge in [-0.25, -0.2) is 9.97 Å². The van der Waals surface area contributed by atoms with Gasteiger partial charge in [0, 0.05) is 35.3 Å². The standard InChI is InChI=1S/C23H21N5/c1-23(2,3)27-22-21(26-20-16-24-13-14-28(20)22)18-8-6-7-17(15-18)10-11-19-9-4-5-12-25-19/h4-9,12-16,27H,1-3H3. The Labute approximate surface area is 164 Å². The molecule has 0 aliphatic rings. The maximum Gasteiger partial charge on any atom is 0.157 e. The molecule has 0 aliphatic carbocycles. The maximum atomic E-state index is 4.80. The number of anilines is 1. The molecule has 28 heavy (non-hydrogen) atoms. The molecule has 4 rings (SSSR count). The van der Waals surface area contributed by atoms with E-state index in [0.717, 1.165) is 34.0 Å². The van der Waals surface area contributed by atoms with E-state index >= 15 is 0 Å². The van der Waals surface area contributed by atoms with Crippen molar-refractivity contribution in [3.05, 3.63) is 78.5 Å². The molecular formula is C23H21N5. The summed E-state index contributed by atoms with van der Waals surface area (Å²) in [6.45, 7) is 6.39. The first-order chi connectivity index (χ1) is 13.5. The number of nitrogens with one attached hydrogen (secondary N) is 1. The Morgan fingerprint density at radius 3 is 2.68 bits per heavy atom. The molecule has 3 aromatic heterocycles. The molecule has 0 spiro atoms. The Morgan fingerprint density at radius 1 is 1.00 bits per heavy atom. The molecule has 0 aliphatic heterocycles. The summed E-state index contributed by atoms with van der Waals surface area (Å²) in [5.41, 5.74) is 4.24. The fourth-order valence-corrected chi connectivity index (χ4v) is 2.90. The number of hydrogen-bond acceptors (Lipinski definition) is 4. The number of benzene rings is 1. The highest BCUT2D eigenvalue weighted by Crippen LogP contribution is 2.30. The van der Waals surface area contributed by atoms with Crippen LogP contribution in [0.1, 0.15) is 32.0 Å². The van der Waals surface area contributed by atoms with Gasteiger partial charge in [-0.3, -0.25) is 9.38 Å². The van der Waals surface area contributed by atoms with Gasteiger partial charge in [0.15, 0.2) is 5.65 Å². The van der Waals surface area contributed by atoms with Gasteiger partial charge < -0.3 is 5.32 Å². The molecule has 0 bridgehead atoms. The van der Waals surface area contributed by atoms with Crippen molar-refractivity contribution in [1.29, 1.82) is 0 Å². The first-order valence-electron chi connectivity index (χ1n) is 9.13. The first-order valence-corrected chi connectivity index (χ1v) is 9.13. The Morgan fingerprint density at radius 2 is 1.89 bits per heavy atom. The highest BCUT2D eigenvalue weighted by atomic mass is 15.2. The van der Waals surface area contributed by atoms with Gasteiger partial charge in [0.05, 0.1) is 6.20 Å². The monoisotopic (exact) mass is 367 g/mol. The van der Waals surface area contributed by atoms with Crippen LogP contribution >= 0.6 is 0 Å². The summed E-state index contributed by atoms with van der Waals surface area (Å²) in [7, 11) is 0. The van der Waals surface area contributed by atoms with Crippen LogP contribution in [-0.2, 0) is 0 Å². The van der Waals surface area contributed by atoms with Crippen LogP contribution in [0.3, 0.4) is 0 Å². The number of rotatable bonds is 2. The lowest BCUT2D eigenvalue weighted by molar-refractivity contribution is 0.629. The SMILES string of the molecule is CC(C)(C)Nc1c(-c2cccc(C#Cc3ccccn3)c2)nc2cnccn12. The summed E-state index contributed by atoms with van der Waals surface area (Å²) in [6.07, 6.45) is 7.20. The van der Waals surface area contributed by atoms with Crippen LogP contribution in [0.2, 0.25) is 0 Å². The number of imidazole rings is 1. The largest absolute Gasteiger partial charge is 0.365 e. The van der Waals surface area contributed by atoms with Gasteiger partial charge in [-0.15, -0.1) is 0 Å². The van der Waals surface area contributed by atoms with E-state index in [1.165, 1.54) is 0 Å². The van der Waals surface area contributed by atoms with Gasteiger partial charge in [-0.2, -0.15) is 0 Å². The second-order valence-electron chi connectivity index (χ2n) is 7.53. The number of pyridine rings is 1. The summed E-state index contributed by atoms with van der Waals surface area (Å²) in [5.74, 6) is 7.24. The van der Waals surface area contributed by atoms with Crippen LogP contribution in [0.5, 0.6) is 0 Å². The zero-order valence-electron chi connectivity index (χ0n) is 16.1. The molecule has 0 radical (unpaired) electrons. The summed E-state index contributed by atoms with van der Waals surface area (Å²) in [4.78, 5) is 13.3. The third-order valence-corrected chi connectivity index (χ3v) is 4.06. The predicted octanol–water partition coefficient (Wildman–Crippen LogP) is 4.40. The molecule has 1 N–H and O–H groups in total. The third kappa shape index (κ3) is 3.86. The molecular weight excluding hydrogens is 346 g/mol. The second-order valence-corrected chi connectivity index (χ2v) is 7.53. The van der Waals surface area contributed by atoms with Crippen LogP contribution in [0, 0.1) is 11.8 Å². The summed E-state index contributed by atoms with van der Waals surface area (Å²) in [5, 5.41) is 3.58. The number of hydrogen-bond donors (Lipinski definition) is 1. The minimum absolute atomic E-state index is 0.107. The van der Waals surface area contributed by atoms with Crippen molar-refractivity contribution in [2.45, 2.75) is 26.3 Å². The van der Waals surface area contributed by atoms with Gasteiger partial charge in [-0.05, 0) is 51.0 Å². The fraction of sp³-hybridized carbons (Fsp3) is 0.174. The average molecular weight is 367 g/mol. The molecule has 1 aromatic carbocycles. The van der Waals surface area contributed by atoms with E-state index in [2.05, 4.69) is 60.0 Å². The van der Waals surface area contributed by atoms with Gasteiger partial charge in [0.25, 0.3) is 0 Å². The van der Waals surface area contributed by atoms with E-state index < -0.39 is 0 Å². The molecule has 138 valence electrons. The molecule has 0 fully saturated rings. The van der Waals surface area contributed by atoms with E-state index in [4.69, 9.17) is 4.98 Å². The Hall–Kier alpha value is -3.65. The van der Waals surface area contributed by atoms with Crippen molar-refractivity contribution in [1.82, 2.24) is 19.4 Å². The Bertz CT molecular complexity index is 1170. The summed E-state index contributed by atoms with van der Waals surface area (Å²) >= 11 is 0. The van der Waals surface area contributed by atoms with Crippen LogP contribution in [0.4, 0.5) is 5.82 Å². The van der Waals surface area contributed by atoms with E-state index in [-0.39, 0.29) is 5.54 Å².